The highest BCUT2D eigenvalue weighted by atomic mass is 16.2. The average molecular weight is 737 g/mol. The monoisotopic (exact) mass is 736 g/mol. The second-order valence-corrected chi connectivity index (χ2v) is 15.0. The van der Waals surface area contributed by atoms with Crippen LogP contribution in [-0.2, 0) is 35.2 Å². The number of nitrogens with zero attached hydrogens (tertiary/aromatic N) is 5. The number of aromatic amines is 1. The fourth-order valence-electron chi connectivity index (χ4n) is 7.42. The molecule has 5 N–H and O–H groups in total. The summed E-state index contributed by atoms with van der Waals surface area (Å²) in [6.45, 7) is 11.3. The summed E-state index contributed by atoms with van der Waals surface area (Å²) < 4.78 is 0. The SMILES string of the molecule is CCCC(NC(=O)[C@@H]1[C@H]2CCC[C@H]2CN1C(=O)[C@@H](NC(=O)[C@@H](NC(=O)CCCCc1nn[nH]n1)C(C)C)C(C)C)C(=O)C(=O)N[C@H](C)c1ccncc1. The molecule has 7 atom stereocenters. The fraction of sp³-hybridized carbons (Fsp3) is 0.676. The summed E-state index contributed by atoms with van der Waals surface area (Å²) >= 11 is 0. The molecule has 4 rings (SSSR count). The number of hydrogen-bond acceptors (Lipinski definition) is 10. The van der Waals surface area contributed by atoms with Crippen molar-refractivity contribution in [2.75, 3.05) is 6.54 Å². The van der Waals surface area contributed by atoms with Crippen LogP contribution in [0, 0.1) is 23.7 Å². The standard InChI is InChI=1S/C37H56N10O6/c1-7-11-27(33(49)36(52)39-23(6)24-16-18-38-19-17-24)40-35(51)32-26-13-10-12-25(26)20-47(32)37(53)31(22(4)5)42-34(50)30(21(2)3)41-29(48)15-9-8-14-28-43-45-46-44-28/h16-19,21-23,25-27,30-32H,7-15,20H2,1-6H3,(H,39,52)(H,40,51)(H,41,48)(H,42,50)(H,43,44,45,46)/t23-,25+,26+,27?,30+,31+,32+/m1/s1. The van der Waals surface area contributed by atoms with Gasteiger partial charge in [-0.1, -0.05) is 52.7 Å². The molecule has 53 heavy (non-hydrogen) atoms. The molecule has 0 bridgehead atoms. The van der Waals surface area contributed by atoms with Crippen LogP contribution in [0.4, 0.5) is 0 Å². The summed E-state index contributed by atoms with van der Waals surface area (Å²) in [7, 11) is 0. The first-order chi connectivity index (χ1) is 25.3. The zero-order chi connectivity index (χ0) is 38.7. The zero-order valence-corrected chi connectivity index (χ0v) is 31.8. The summed E-state index contributed by atoms with van der Waals surface area (Å²) in [6, 6.07) is -0.705. The van der Waals surface area contributed by atoms with Crippen LogP contribution in [0.2, 0.25) is 0 Å². The number of tetrazole rings is 1. The van der Waals surface area contributed by atoms with Crippen molar-refractivity contribution in [2.45, 2.75) is 130 Å². The van der Waals surface area contributed by atoms with Crippen molar-refractivity contribution in [1.29, 1.82) is 0 Å². The Bertz CT molecular complexity index is 1550. The maximum absolute atomic E-state index is 14.4. The van der Waals surface area contributed by atoms with Gasteiger partial charge in [-0.15, -0.1) is 10.2 Å². The Morgan fingerprint density at radius 3 is 2.26 bits per heavy atom. The van der Waals surface area contributed by atoms with Gasteiger partial charge in [0.2, 0.25) is 29.4 Å². The minimum Gasteiger partial charge on any atom is -0.344 e. The number of pyridine rings is 1. The van der Waals surface area contributed by atoms with Crippen LogP contribution in [0.1, 0.15) is 110 Å². The number of unbranched alkanes of at least 4 members (excludes halogenated alkanes) is 1. The van der Waals surface area contributed by atoms with E-state index in [9.17, 15) is 28.8 Å². The maximum Gasteiger partial charge on any atom is 0.290 e. The summed E-state index contributed by atoms with van der Waals surface area (Å²) in [5, 5.41) is 25.1. The number of aromatic nitrogens is 5. The van der Waals surface area contributed by atoms with Gasteiger partial charge in [0.05, 0.1) is 12.1 Å². The maximum atomic E-state index is 14.4. The van der Waals surface area contributed by atoms with Crippen LogP contribution in [0.3, 0.4) is 0 Å². The molecule has 1 unspecified atom stereocenters. The van der Waals surface area contributed by atoms with E-state index >= 15 is 0 Å². The van der Waals surface area contributed by atoms with Gasteiger partial charge >= 0.3 is 0 Å². The van der Waals surface area contributed by atoms with Crippen molar-refractivity contribution in [1.82, 2.24) is 51.8 Å². The summed E-state index contributed by atoms with van der Waals surface area (Å²) in [4.78, 5) is 87.1. The molecular formula is C37H56N10O6. The van der Waals surface area contributed by atoms with Gasteiger partial charge in [-0.05, 0) is 80.4 Å². The van der Waals surface area contributed by atoms with E-state index < -0.39 is 53.7 Å². The highest BCUT2D eigenvalue weighted by Crippen LogP contribution is 2.42. The van der Waals surface area contributed by atoms with E-state index in [-0.39, 0.29) is 48.3 Å². The number of amides is 5. The number of rotatable bonds is 19. The van der Waals surface area contributed by atoms with Gasteiger partial charge in [-0.3, -0.25) is 33.8 Å². The number of nitrogens with one attached hydrogen (secondary N) is 5. The van der Waals surface area contributed by atoms with E-state index in [0.717, 1.165) is 24.8 Å². The van der Waals surface area contributed by atoms with Crippen LogP contribution in [-0.4, -0.2) is 96.5 Å². The quantitative estimate of drug-likeness (QED) is 0.104. The third-order valence-electron chi connectivity index (χ3n) is 10.4. The number of ketones is 1. The first kappa shape index (κ1) is 41.0. The lowest BCUT2D eigenvalue weighted by atomic mass is 9.92. The van der Waals surface area contributed by atoms with E-state index in [1.807, 2.05) is 34.6 Å². The average Bonchev–Trinajstić information content (AvgIpc) is 3.89. The van der Waals surface area contributed by atoms with Crippen molar-refractivity contribution in [3.05, 3.63) is 35.9 Å². The molecule has 1 aliphatic heterocycles. The van der Waals surface area contributed by atoms with E-state index in [1.165, 1.54) is 0 Å². The molecule has 1 aliphatic carbocycles. The summed E-state index contributed by atoms with van der Waals surface area (Å²) in [6.07, 6.45) is 8.56. The number of fused-ring (bicyclic) bond motifs is 1. The smallest absolute Gasteiger partial charge is 0.290 e. The molecule has 1 saturated carbocycles. The molecule has 0 spiro atoms. The number of Topliss-reactive ketones (excluding diaryl/α,β-unsaturated/α-hetero) is 1. The number of likely N-dealkylation sites (tertiary alicyclic amines) is 1. The fourth-order valence-corrected chi connectivity index (χ4v) is 7.42. The van der Waals surface area contributed by atoms with E-state index in [4.69, 9.17) is 0 Å². The Morgan fingerprint density at radius 2 is 1.62 bits per heavy atom. The number of carbonyl (C=O) groups excluding carboxylic acids is 6. The molecule has 3 heterocycles. The molecule has 2 aromatic rings. The van der Waals surface area contributed by atoms with E-state index in [0.29, 0.717) is 38.1 Å². The minimum absolute atomic E-state index is 0.103. The summed E-state index contributed by atoms with van der Waals surface area (Å²) in [5.41, 5.74) is 0.784. The van der Waals surface area contributed by atoms with Crippen molar-refractivity contribution >= 4 is 35.3 Å². The van der Waals surface area contributed by atoms with Gasteiger partial charge < -0.3 is 26.2 Å². The van der Waals surface area contributed by atoms with Crippen LogP contribution >= 0.6 is 0 Å². The first-order valence-electron chi connectivity index (χ1n) is 19.0. The van der Waals surface area contributed by atoms with Crippen molar-refractivity contribution in [3.63, 3.8) is 0 Å². The van der Waals surface area contributed by atoms with Gasteiger partial charge in [0.25, 0.3) is 5.91 Å². The molecule has 1 saturated heterocycles. The molecule has 290 valence electrons. The molecule has 16 nitrogen and oxygen atoms in total. The predicted octanol–water partition coefficient (Wildman–Crippen LogP) is 1.95. The summed E-state index contributed by atoms with van der Waals surface area (Å²) in [5.74, 6) is -3.20. The topological polar surface area (TPSA) is 221 Å². The molecule has 16 heteroatoms. The zero-order valence-electron chi connectivity index (χ0n) is 31.8. The highest BCUT2D eigenvalue weighted by molar-refractivity contribution is 6.38. The van der Waals surface area contributed by atoms with Crippen molar-refractivity contribution in [3.8, 4) is 0 Å². The van der Waals surface area contributed by atoms with Gasteiger partial charge in [-0.25, -0.2) is 0 Å². The second kappa shape index (κ2) is 19.4. The predicted molar refractivity (Wildman–Crippen MR) is 194 cm³/mol. The van der Waals surface area contributed by atoms with Crippen LogP contribution in [0.5, 0.6) is 0 Å². The molecule has 2 aromatic heterocycles. The molecule has 0 radical (unpaired) electrons. The van der Waals surface area contributed by atoms with Crippen LogP contribution in [0.25, 0.3) is 0 Å². The molecular weight excluding hydrogens is 680 g/mol. The number of H-pyrrole nitrogens is 1. The van der Waals surface area contributed by atoms with Gasteiger partial charge in [-0.2, -0.15) is 5.21 Å². The van der Waals surface area contributed by atoms with E-state index in [1.54, 1.807) is 36.4 Å². The molecule has 0 aromatic carbocycles. The van der Waals surface area contributed by atoms with Crippen molar-refractivity contribution < 1.29 is 28.8 Å². The first-order valence-corrected chi connectivity index (χ1v) is 19.0. The number of carbonyl (C=O) groups is 6. The lowest BCUT2D eigenvalue weighted by Gasteiger charge is -2.34. The van der Waals surface area contributed by atoms with Crippen LogP contribution < -0.4 is 21.3 Å². The van der Waals surface area contributed by atoms with Gasteiger partial charge in [0.15, 0.2) is 5.82 Å². The second-order valence-electron chi connectivity index (χ2n) is 15.0. The third-order valence-corrected chi connectivity index (χ3v) is 10.4. The van der Waals surface area contributed by atoms with Gasteiger partial charge in [0, 0.05) is 31.8 Å². The lowest BCUT2D eigenvalue weighted by Crippen LogP contribution is -2.60. The van der Waals surface area contributed by atoms with Crippen molar-refractivity contribution in [2.24, 2.45) is 23.7 Å². The Hall–Kier alpha value is -4.76. The molecule has 2 fully saturated rings. The molecule has 2 aliphatic rings. The number of hydrogen-bond donors (Lipinski definition) is 5. The highest BCUT2D eigenvalue weighted by Gasteiger charge is 2.51. The third kappa shape index (κ3) is 10.9. The number of aryl methyl sites for hydroxylation is 1. The minimum atomic E-state index is -1.07. The molecule has 5 amide bonds. The largest absolute Gasteiger partial charge is 0.344 e. The van der Waals surface area contributed by atoms with E-state index in [2.05, 4.69) is 46.9 Å². The Morgan fingerprint density at radius 1 is 0.906 bits per heavy atom. The normalized spacial score (nSPS) is 20.3. The lowest BCUT2D eigenvalue weighted by molar-refractivity contribution is -0.145. The Labute approximate surface area is 311 Å². The van der Waals surface area contributed by atoms with Gasteiger partial charge in [0.1, 0.15) is 18.1 Å². The van der Waals surface area contributed by atoms with Crippen LogP contribution in [0.15, 0.2) is 24.5 Å². The Kier molecular flexibility index (Phi) is 15.0. The Balaban J connectivity index is 1.42.